The molecular weight excluding hydrogens is 417 g/mol. The largest absolute Gasteiger partial charge is 0.469 e. The van der Waals surface area contributed by atoms with E-state index in [2.05, 4.69) is 34.1 Å². The van der Waals surface area contributed by atoms with Crippen molar-refractivity contribution in [3.05, 3.63) is 59.7 Å². The summed E-state index contributed by atoms with van der Waals surface area (Å²) >= 11 is 0. The SMILES string of the molecule is CC1C(COP(=O)(O)O)CC(NC(=O)OCC2c3ccccc3-c3ccccc32)C1C. The van der Waals surface area contributed by atoms with Gasteiger partial charge in [0.15, 0.2) is 0 Å². The van der Waals surface area contributed by atoms with E-state index < -0.39 is 13.9 Å². The third kappa shape index (κ3) is 4.70. The number of hydrogen-bond donors (Lipinski definition) is 3. The van der Waals surface area contributed by atoms with Gasteiger partial charge in [-0.25, -0.2) is 9.36 Å². The van der Waals surface area contributed by atoms with E-state index in [0.29, 0.717) is 6.42 Å². The molecule has 2 aliphatic rings. The number of carbonyl (C=O) groups excluding carboxylic acids is 1. The zero-order valence-corrected chi connectivity index (χ0v) is 18.5. The number of alkyl carbamates (subject to hydrolysis) is 1. The molecule has 166 valence electrons. The normalized spacial score (nSPS) is 25.2. The van der Waals surface area contributed by atoms with E-state index in [-0.39, 0.29) is 42.9 Å². The number of nitrogens with one attached hydrogen (secondary N) is 1. The molecule has 4 rings (SSSR count). The summed E-state index contributed by atoms with van der Waals surface area (Å²) in [5.41, 5.74) is 4.68. The minimum atomic E-state index is -4.50. The van der Waals surface area contributed by atoms with Gasteiger partial charge in [-0.2, -0.15) is 0 Å². The highest BCUT2D eigenvalue weighted by molar-refractivity contribution is 7.46. The minimum absolute atomic E-state index is 0.00229. The molecule has 2 aromatic carbocycles. The maximum absolute atomic E-state index is 12.6. The molecule has 1 fully saturated rings. The Hall–Kier alpha value is -2.18. The van der Waals surface area contributed by atoms with Gasteiger partial charge in [0.1, 0.15) is 6.61 Å². The summed E-state index contributed by atoms with van der Waals surface area (Å²) in [7, 11) is -4.50. The average Bonchev–Trinajstić information content (AvgIpc) is 3.20. The Morgan fingerprint density at radius 2 is 1.58 bits per heavy atom. The summed E-state index contributed by atoms with van der Waals surface area (Å²) in [4.78, 5) is 30.5. The molecule has 0 radical (unpaired) electrons. The fourth-order valence-corrected chi connectivity index (χ4v) is 5.33. The summed E-state index contributed by atoms with van der Waals surface area (Å²) in [6.07, 6.45) is 0.120. The van der Waals surface area contributed by atoms with Crippen LogP contribution in [0.1, 0.15) is 37.3 Å². The van der Waals surface area contributed by atoms with Gasteiger partial charge in [-0.15, -0.1) is 0 Å². The molecule has 0 bridgehead atoms. The van der Waals surface area contributed by atoms with Gasteiger partial charge in [0.05, 0.1) is 6.61 Å². The quantitative estimate of drug-likeness (QED) is 0.573. The zero-order valence-electron chi connectivity index (χ0n) is 17.6. The summed E-state index contributed by atoms with van der Waals surface area (Å²) in [5.74, 6) is 0.264. The highest BCUT2D eigenvalue weighted by Gasteiger charge is 2.40. The number of benzene rings is 2. The molecule has 1 amide bonds. The number of carbonyl (C=O) groups is 1. The Bertz CT molecular complexity index is 960. The van der Waals surface area contributed by atoms with Gasteiger partial charge in [-0.3, -0.25) is 4.52 Å². The monoisotopic (exact) mass is 445 g/mol. The maximum atomic E-state index is 12.6. The van der Waals surface area contributed by atoms with Crippen molar-refractivity contribution in [3.63, 3.8) is 0 Å². The lowest BCUT2D eigenvalue weighted by atomic mass is 9.92. The highest BCUT2D eigenvalue weighted by atomic mass is 31.2. The van der Waals surface area contributed by atoms with Crippen LogP contribution in [0, 0.1) is 17.8 Å². The van der Waals surface area contributed by atoms with Crippen LogP contribution in [0.2, 0.25) is 0 Å². The molecule has 8 heteroatoms. The van der Waals surface area contributed by atoms with Gasteiger partial charge >= 0.3 is 13.9 Å². The van der Waals surface area contributed by atoms with Crippen LogP contribution in [-0.4, -0.2) is 35.1 Å². The number of fused-ring (bicyclic) bond motifs is 3. The van der Waals surface area contributed by atoms with Crippen molar-refractivity contribution in [1.82, 2.24) is 5.32 Å². The molecular formula is C23H28NO6P. The predicted molar refractivity (Wildman–Crippen MR) is 116 cm³/mol. The van der Waals surface area contributed by atoms with E-state index in [1.165, 1.54) is 11.1 Å². The Morgan fingerprint density at radius 3 is 2.16 bits per heavy atom. The van der Waals surface area contributed by atoms with Crippen LogP contribution in [0.4, 0.5) is 4.79 Å². The molecule has 4 atom stereocenters. The van der Waals surface area contributed by atoms with E-state index in [1.807, 2.05) is 38.1 Å². The van der Waals surface area contributed by atoms with Gasteiger partial charge in [-0.05, 0) is 46.4 Å². The Kier molecular flexibility index (Phi) is 6.22. The van der Waals surface area contributed by atoms with E-state index in [0.717, 1.165) is 11.1 Å². The third-order valence-electron chi connectivity index (χ3n) is 6.87. The molecule has 7 nitrogen and oxygen atoms in total. The summed E-state index contributed by atoms with van der Waals surface area (Å²) in [6.45, 7) is 4.26. The smallest absolute Gasteiger partial charge is 0.449 e. The topological polar surface area (TPSA) is 105 Å². The van der Waals surface area contributed by atoms with Gasteiger partial charge < -0.3 is 19.8 Å². The fraction of sp³-hybridized carbons (Fsp3) is 0.435. The van der Waals surface area contributed by atoms with Crippen LogP contribution in [0.15, 0.2) is 48.5 Å². The Morgan fingerprint density at radius 1 is 1.00 bits per heavy atom. The van der Waals surface area contributed by atoms with Gasteiger partial charge in [0.2, 0.25) is 0 Å². The van der Waals surface area contributed by atoms with Crippen molar-refractivity contribution in [2.45, 2.75) is 32.2 Å². The molecule has 4 unspecified atom stereocenters. The Labute approximate surface area is 182 Å². The molecule has 2 aromatic rings. The van der Waals surface area contributed by atoms with E-state index in [4.69, 9.17) is 14.5 Å². The predicted octanol–water partition coefficient (Wildman–Crippen LogP) is 4.30. The first-order valence-electron chi connectivity index (χ1n) is 10.6. The molecule has 0 saturated heterocycles. The first-order chi connectivity index (χ1) is 14.7. The van der Waals surface area contributed by atoms with E-state index in [1.54, 1.807) is 0 Å². The van der Waals surface area contributed by atoms with Crippen LogP contribution in [0.25, 0.3) is 11.1 Å². The van der Waals surface area contributed by atoms with Gasteiger partial charge in [0, 0.05) is 12.0 Å². The Balaban J connectivity index is 1.36. The number of phosphoric acid groups is 1. The summed E-state index contributed by atoms with van der Waals surface area (Å²) in [6, 6.07) is 16.2. The standard InChI is InChI=1S/C23H28NO6P/c1-14-15(2)22(11-16(14)12-30-31(26,27)28)24-23(25)29-13-21-19-9-5-3-7-17(19)18-8-4-6-10-20(18)21/h3-10,14-16,21-22H,11-13H2,1-2H3,(H,24,25)(H2,26,27,28). The van der Waals surface area contributed by atoms with Crippen molar-refractivity contribution in [2.75, 3.05) is 13.2 Å². The second-order valence-corrected chi connectivity index (χ2v) is 9.82. The maximum Gasteiger partial charge on any atom is 0.469 e. The molecule has 0 heterocycles. The van der Waals surface area contributed by atoms with Gasteiger partial charge in [0.25, 0.3) is 0 Å². The van der Waals surface area contributed by atoms with E-state index >= 15 is 0 Å². The molecule has 1 saturated carbocycles. The van der Waals surface area contributed by atoms with Crippen LogP contribution in [-0.2, 0) is 13.8 Å². The van der Waals surface area contributed by atoms with Gasteiger partial charge in [-0.1, -0.05) is 62.4 Å². The summed E-state index contributed by atoms with van der Waals surface area (Å²) in [5, 5.41) is 2.95. The molecule has 0 spiro atoms. The van der Waals surface area contributed by atoms with Crippen molar-refractivity contribution in [1.29, 1.82) is 0 Å². The number of amides is 1. The van der Waals surface area contributed by atoms with Crippen LogP contribution >= 0.6 is 7.82 Å². The fourth-order valence-electron chi connectivity index (χ4n) is 4.95. The summed E-state index contributed by atoms with van der Waals surface area (Å²) < 4.78 is 21.3. The van der Waals surface area contributed by atoms with E-state index in [9.17, 15) is 9.36 Å². The average molecular weight is 445 g/mol. The number of ether oxygens (including phenoxy) is 1. The zero-order chi connectivity index (χ0) is 22.2. The van der Waals surface area contributed by atoms with Crippen molar-refractivity contribution >= 4 is 13.9 Å². The lowest BCUT2D eigenvalue weighted by Gasteiger charge is -2.21. The molecule has 0 aromatic heterocycles. The van der Waals surface area contributed by atoms with Crippen LogP contribution < -0.4 is 5.32 Å². The second-order valence-electron chi connectivity index (χ2n) is 8.58. The van der Waals surface area contributed by atoms with Crippen molar-refractivity contribution < 1.29 is 28.4 Å². The number of phosphoric ester groups is 1. The number of rotatable bonds is 6. The first kappa shape index (κ1) is 22.0. The van der Waals surface area contributed by atoms with Crippen LogP contribution in [0.3, 0.4) is 0 Å². The lowest BCUT2D eigenvalue weighted by molar-refractivity contribution is 0.136. The number of hydrogen-bond acceptors (Lipinski definition) is 4. The minimum Gasteiger partial charge on any atom is -0.449 e. The second kappa shape index (κ2) is 8.75. The molecule has 31 heavy (non-hydrogen) atoms. The van der Waals surface area contributed by atoms with Crippen LogP contribution in [0.5, 0.6) is 0 Å². The third-order valence-corrected chi connectivity index (χ3v) is 7.35. The molecule has 3 N–H and O–H groups in total. The van der Waals surface area contributed by atoms with Crippen molar-refractivity contribution in [3.8, 4) is 11.1 Å². The highest BCUT2D eigenvalue weighted by Crippen LogP contribution is 2.45. The molecule has 0 aliphatic heterocycles. The molecule has 2 aliphatic carbocycles. The van der Waals surface area contributed by atoms with Crippen molar-refractivity contribution in [2.24, 2.45) is 17.8 Å². The first-order valence-corrected chi connectivity index (χ1v) is 12.1. The lowest BCUT2D eigenvalue weighted by Crippen LogP contribution is -2.38.